The van der Waals surface area contributed by atoms with Crippen LogP contribution in [0.15, 0.2) is 53.7 Å². The zero-order chi connectivity index (χ0) is 21.0. The van der Waals surface area contributed by atoms with Gasteiger partial charge in [-0.2, -0.15) is 0 Å². The molecule has 2 aromatic carbocycles. The van der Waals surface area contributed by atoms with E-state index in [1.165, 1.54) is 30.0 Å². The molecule has 0 aliphatic carbocycles. The Morgan fingerprint density at radius 2 is 1.83 bits per heavy atom. The van der Waals surface area contributed by atoms with E-state index < -0.39 is 6.10 Å². The van der Waals surface area contributed by atoms with Gasteiger partial charge in [0.25, 0.3) is 5.69 Å². The minimum atomic E-state index is -0.407. The molecule has 3 aromatic rings. The highest BCUT2D eigenvalue weighted by molar-refractivity contribution is 7.98. The molecule has 7 nitrogen and oxygen atoms in total. The van der Waals surface area contributed by atoms with Crippen molar-refractivity contribution in [2.45, 2.75) is 43.8 Å². The Balaban J connectivity index is 1.80. The molecule has 0 spiro atoms. The van der Waals surface area contributed by atoms with Gasteiger partial charge < -0.3 is 9.30 Å². The first kappa shape index (κ1) is 20.8. The Morgan fingerprint density at radius 3 is 2.48 bits per heavy atom. The number of halogens is 1. The molecule has 0 bridgehead atoms. The largest absolute Gasteiger partial charge is 0.483 e. The molecule has 1 atom stereocenters. The van der Waals surface area contributed by atoms with E-state index in [4.69, 9.17) is 4.74 Å². The molecule has 1 aromatic heterocycles. The molecule has 9 heteroatoms. The van der Waals surface area contributed by atoms with Crippen LogP contribution >= 0.6 is 11.8 Å². The summed E-state index contributed by atoms with van der Waals surface area (Å²) in [6.07, 6.45) is -0.407. The Labute approximate surface area is 172 Å². The van der Waals surface area contributed by atoms with Crippen molar-refractivity contribution in [3.05, 3.63) is 75.9 Å². The number of rotatable bonds is 8. The summed E-state index contributed by atoms with van der Waals surface area (Å²) < 4.78 is 20.9. The second-order valence-electron chi connectivity index (χ2n) is 6.69. The highest BCUT2D eigenvalue weighted by Crippen LogP contribution is 2.31. The van der Waals surface area contributed by atoms with Crippen LogP contribution in [0.2, 0.25) is 0 Å². The number of hydrogen-bond acceptors (Lipinski definition) is 6. The molecule has 1 unspecified atom stereocenters. The monoisotopic (exact) mass is 416 g/mol. The molecule has 3 rings (SSSR count). The normalized spacial score (nSPS) is 12.2. The van der Waals surface area contributed by atoms with Gasteiger partial charge in [-0.05, 0) is 45.0 Å². The molecule has 0 aliphatic rings. The standard InChI is InChI=1S/C20H21FN4O3S/c1-13(2)24-19(14(3)28-17-10-8-16(21)9-11-17)22-23-20(24)29-12-15-6-4-5-7-18(15)25(26)27/h4-11,13-14H,12H2,1-3H3. The summed E-state index contributed by atoms with van der Waals surface area (Å²) in [7, 11) is 0. The fourth-order valence-corrected chi connectivity index (χ4v) is 3.94. The maximum absolute atomic E-state index is 13.1. The van der Waals surface area contributed by atoms with Crippen LogP contribution in [0.3, 0.4) is 0 Å². The lowest BCUT2D eigenvalue weighted by Crippen LogP contribution is -2.14. The lowest BCUT2D eigenvalue weighted by Gasteiger charge is -2.19. The quantitative estimate of drug-likeness (QED) is 0.280. The van der Waals surface area contributed by atoms with Crippen molar-refractivity contribution in [2.24, 2.45) is 0 Å². The summed E-state index contributed by atoms with van der Waals surface area (Å²) in [5.41, 5.74) is 0.710. The lowest BCUT2D eigenvalue weighted by atomic mass is 10.2. The molecule has 0 aliphatic heterocycles. The van der Waals surface area contributed by atoms with Crippen LogP contribution < -0.4 is 4.74 Å². The maximum Gasteiger partial charge on any atom is 0.273 e. The Bertz CT molecular complexity index is 992. The van der Waals surface area contributed by atoms with Crippen LogP contribution in [0.4, 0.5) is 10.1 Å². The number of ether oxygens (including phenoxy) is 1. The van der Waals surface area contributed by atoms with Gasteiger partial charge in [0.15, 0.2) is 17.1 Å². The van der Waals surface area contributed by atoms with Crippen molar-refractivity contribution >= 4 is 17.4 Å². The van der Waals surface area contributed by atoms with Gasteiger partial charge in [-0.1, -0.05) is 30.0 Å². The van der Waals surface area contributed by atoms with Gasteiger partial charge in [0.2, 0.25) is 0 Å². The van der Waals surface area contributed by atoms with E-state index in [1.807, 2.05) is 25.3 Å². The molecule has 0 radical (unpaired) electrons. The summed E-state index contributed by atoms with van der Waals surface area (Å²) in [4.78, 5) is 10.8. The zero-order valence-corrected chi connectivity index (χ0v) is 17.1. The molecular weight excluding hydrogens is 395 g/mol. The number of thioether (sulfide) groups is 1. The number of nitro benzene ring substituents is 1. The highest BCUT2D eigenvalue weighted by atomic mass is 32.2. The molecule has 0 N–H and O–H groups in total. The van der Waals surface area contributed by atoms with Crippen LogP contribution in [-0.2, 0) is 5.75 Å². The fraction of sp³-hybridized carbons (Fsp3) is 0.300. The molecule has 0 fully saturated rings. The predicted molar refractivity (Wildman–Crippen MR) is 109 cm³/mol. The number of nitro groups is 1. The van der Waals surface area contributed by atoms with Crippen molar-refractivity contribution in [1.82, 2.24) is 14.8 Å². The summed E-state index contributed by atoms with van der Waals surface area (Å²) >= 11 is 1.39. The lowest BCUT2D eigenvalue weighted by molar-refractivity contribution is -0.385. The summed E-state index contributed by atoms with van der Waals surface area (Å²) in [5.74, 6) is 1.24. The van der Waals surface area contributed by atoms with Crippen molar-refractivity contribution in [3.63, 3.8) is 0 Å². The minimum absolute atomic E-state index is 0.0625. The summed E-state index contributed by atoms with van der Waals surface area (Å²) in [6.45, 7) is 5.86. The first-order valence-corrected chi connectivity index (χ1v) is 10.1. The van der Waals surface area contributed by atoms with Gasteiger partial charge in [0.1, 0.15) is 11.6 Å². The van der Waals surface area contributed by atoms with Gasteiger partial charge in [-0.3, -0.25) is 10.1 Å². The van der Waals surface area contributed by atoms with Crippen LogP contribution in [0.25, 0.3) is 0 Å². The second kappa shape index (κ2) is 9.04. The van der Waals surface area contributed by atoms with Crippen LogP contribution in [0, 0.1) is 15.9 Å². The number of benzene rings is 2. The molecular formula is C20H21FN4O3S. The third kappa shape index (κ3) is 4.92. The SMILES string of the molecule is CC(Oc1ccc(F)cc1)c1nnc(SCc2ccccc2[N+](=O)[O-])n1C(C)C. The van der Waals surface area contributed by atoms with Gasteiger partial charge >= 0.3 is 0 Å². The van der Waals surface area contributed by atoms with Crippen LogP contribution in [-0.4, -0.2) is 19.7 Å². The number of para-hydroxylation sites is 1. The van der Waals surface area contributed by atoms with Crippen molar-refractivity contribution in [2.75, 3.05) is 0 Å². The van der Waals surface area contributed by atoms with E-state index in [-0.39, 0.29) is 22.5 Å². The van der Waals surface area contributed by atoms with Gasteiger partial charge in [-0.25, -0.2) is 4.39 Å². The number of nitrogens with zero attached hydrogens (tertiary/aromatic N) is 4. The Hall–Kier alpha value is -2.94. The van der Waals surface area contributed by atoms with Gasteiger partial charge in [0, 0.05) is 23.4 Å². The fourth-order valence-electron chi connectivity index (χ4n) is 2.87. The molecule has 152 valence electrons. The average Bonchev–Trinajstić information content (AvgIpc) is 3.12. The van der Waals surface area contributed by atoms with Crippen LogP contribution in [0.1, 0.15) is 44.3 Å². The summed E-state index contributed by atoms with van der Waals surface area (Å²) in [5, 5.41) is 20.4. The summed E-state index contributed by atoms with van der Waals surface area (Å²) in [6, 6.07) is 12.5. The first-order valence-electron chi connectivity index (χ1n) is 9.09. The Kier molecular flexibility index (Phi) is 6.48. The third-order valence-electron chi connectivity index (χ3n) is 4.24. The smallest absolute Gasteiger partial charge is 0.273 e. The van der Waals surface area contributed by atoms with Crippen molar-refractivity contribution < 1.29 is 14.1 Å². The third-order valence-corrected chi connectivity index (χ3v) is 5.23. The van der Waals surface area contributed by atoms with Gasteiger partial charge in [-0.15, -0.1) is 10.2 Å². The second-order valence-corrected chi connectivity index (χ2v) is 7.64. The number of hydrogen-bond donors (Lipinski definition) is 0. The van der Waals surface area contributed by atoms with E-state index in [2.05, 4.69) is 10.2 Å². The van der Waals surface area contributed by atoms with Crippen LogP contribution in [0.5, 0.6) is 5.75 Å². The van der Waals surface area contributed by atoms with E-state index in [0.29, 0.717) is 28.0 Å². The zero-order valence-electron chi connectivity index (χ0n) is 16.3. The van der Waals surface area contributed by atoms with Gasteiger partial charge in [0.05, 0.1) is 4.92 Å². The molecule has 0 saturated heterocycles. The first-order chi connectivity index (χ1) is 13.9. The van der Waals surface area contributed by atoms with E-state index in [0.717, 1.165) is 0 Å². The molecule has 1 heterocycles. The van der Waals surface area contributed by atoms with E-state index >= 15 is 0 Å². The minimum Gasteiger partial charge on any atom is -0.483 e. The average molecular weight is 416 g/mol. The molecule has 0 amide bonds. The predicted octanol–water partition coefficient (Wildman–Crippen LogP) is 5.34. The van der Waals surface area contributed by atoms with E-state index in [1.54, 1.807) is 30.3 Å². The van der Waals surface area contributed by atoms with Crippen molar-refractivity contribution in [3.8, 4) is 5.75 Å². The Morgan fingerprint density at radius 1 is 1.14 bits per heavy atom. The maximum atomic E-state index is 13.1. The highest BCUT2D eigenvalue weighted by Gasteiger charge is 2.22. The van der Waals surface area contributed by atoms with Crippen molar-refractivity contribution in [1.29, 1.82) is 0 Å². The molecule has 0 saturated carbocycles. The van der Waals surface area contributed by atoms with E-state index in [9.17, 15) is 14.5 Å². The molecule has 29 heavy (non-hydrogen) atoms. The number of aromatic nitrogens is 3. The topological polar surface area (TPSA) is 83.1 Å².